The summed E-state index contributed by atoms with van der Waals surface area (Å²) in [6.45, 7) is -0.457. The van der Waals surface area contributed by atoms with Crippen molar-refractivity contribution in [3.8, 4) is 0 Å². The van der Waals surface area contributed by atoms with Crippen molar-refractivity contribution < 1.29 is 72.1 Å². The van der Waals surface area contributed by atoms with Crippen molar-refractivity contribution in [2.45, 2.75) is 120 Å². The third-order valence-corrected chi connectivity index (χ3v) is 13.6. The molecule has 20 nitrogen and oxygen atoms in total. The van der Waals surface area contributed by atoms with Gasteiger partial charge in [-0.05, 0) is 46.2 Å². The van der Waals surface area contributed by atoms with Crippen LogP contribution in [0, 0.1) is 0 Å². The zero-order chi connectivity index (χ0) is 57.3. The number of aliphatic hydroxyl groups excluding tert-OH is 2. The number of carbonyl (C=O) groups excluding carboxylic acids is 5. The Morgan fingerprint density at radius 3 is 1.38 bits per heavy atom. The summed E-state index contributed by atoms with van der Waals surface area (Å²) in [5.74, 6) is -0.753. The number of amides is 5. The number of ether oxygens (including phenoxy) is 8. The molecule has 1 saturated carbocycles. The Morgan fingerprint density at radius 2 is 0.890 bits per heavy atom. The number of hydrogen-bond donors (Lipinski definition) is 7. The van der Waals surface area contributed by atoms with Gasteiger partial charge >= 0.3 is 24.4 Å². The minimum Gasteiger partial charge on any atom is -0.445 e. The van der Waals surface area contributed by atoms with Crippen LogP contribution in [-0.4, -0.2) is 115 Å². The quantitative estimate of drug-likeness (QED) is 0.0282. The van der Waals surface area contributed by atoms with Crippen LogP contribution < -0.4 is 26.6 Å². The molecule has 6 aromatic rings. The number of hydrogen-bond acceptors (Lipinski definition) is 15. The summed E-state index contributed by atoms with van der Waals surface area (Å²) in [5, 5.41) is 38.7. The maximum atomic E-state index is 14.7. The fraction of sp³-hybridized carbons (Fsp3) is 0.339. The average molecular weight is 1120 g/mol. The van der Waals surface area contributed by atoms with Crippen LogP contribution in [-0.2, 0) is 82.3 Å². The highest BCUT2D eigenvalue weighted by molar-refractivity contribution is 5.81. The van der Waals surface area contributed by atoms with Gasteiger partial charge in [-0.2, -0.15) is 0 Å². The Morgan fingerprint density at radius 1 is 0.463 bits per heavy atom. The second-order valence-corrected chi connectivity index (χ2v) is 19.6. The van der Waals surface area contributed by atoms with Crippen LogP contribution in [0.25, 0.3) is 0 Å². The first-order chi connectivity index (χ1) is 40.0. The molecule has 432 valence electrons. The molecule has 82 heavy (non-hydrogen) atoms. The Kier molecular flexibility index (Phi) is 23.0. The van der Waals surface area contributed by atoms with Gasteiger partial charge in [0.25, 0.3) is 0 Å². The highest BCUT2D eigenvalue weighted by Crippen LogP contribution is 2.32. The lowest BCUT2D eigenvalue weighted by molar-refractivity contribution is -0.269. The van der Waals surface area contributed by atoms with Gasteiger partial charge in [-0.15, -0.1) is 0 Å². The normalized spacial score (nSPS) is 21.6. The smallest absolute Gasteiger partial charge is 0.407 e. The first-order valence-corrected chi connectivity index (χ1v) is 27.2. The van der Waals surface area contributed by atoms with Crippen molar-refractivity contribution in [2.75, 3.05) is 13.1 Å². The molecule has 20 heteroatoms. The SMILES string of the molecule is O=C(NCC[C@@H](OCc1ccccc1)C(=O)N[C@@H]1C(OCc2ccccc2)[C@H](NC(=O)OCc2ccccc2)C(O[C@H]2OC(CNC(=O)OCc3ccccc3)CCC2NC(=O)OCc2ccccc2)C(O)[C@H]1O)OCc1ccccc1. The fourth-order valence-corrected chi connectivity index (χ4v) is 9.31. The maximum Gasteiger partial charge on any atom is 0.407 e. The van der Waals surface area contributed by atoms with Crippen LogP contribution in [0.4, 0.5) is 19.2 Å². The van der Waals surface area contributed by atoms with Crippen LogP contribution in [0.15, 0.2) is 182 Å². The molecule has 0 aromatic heterocycles. The number of nitrogens with one attached hydrogen (secondary N) is 5. The minimum atomic E-state index is -1.92. The lowest BCUT2D eigenvalue weighted by Gasteiger charge is -2.49. The molecule has 0 radical (unpaired) electrons. The van der Waals surface area contributed by atoms with Crippen molar-refractivity contribution in [3.63, 3.8) is 0 Å². The average Bonchev–Trinajstić information content (AvgIpc) is 3.08. The summed E-state index contributed by atoms with van der Waals surface area (Å²) < 4.78 is 48.2. The molecule has 0 spiro atoms. The Bertz CT molecular complexity index is 2880. The summed E-state index contributed by atoms with van der Waals surface area (Å²) in [7, 11) is 0. The molecule has 6 aromatic carbocycles. The molecule has 7 N–H and O–H groups in total. The summed E-state index contributed by atoms with van der Waals surface area (Å²) in [6, 6.07) is 50.4. The molecule has 5 amide bonds. The topological polar surface area (TPSA) is 260 Å². The van der Waals surface area contributed by atoms with E-state index in [9.17, 15) is 34.2 Å². The van der Waals surface area contributed by atoms with Gasteiger partial charge < -0.3 is 74.7 Å². The molecule has 1 saturated heterocycles. The van der Waals surface area contributed by atoms with Gasteiger partial charge in [-0.25, -0.2) is 19.2 Å². The molecule has 2 fully saturated rings. The zero-order valence-electron chi connectivity index (χ0n) is 45.1. The molecule has 1 aliphatic carbocycles. The highest BCUT2D eigenvalue weighted by Gasteiger charge is 2.54. The Balaban J connectivity index is 1.06. The molecule has 1 heterocycles. The molecule has 8 rings (SSSR count). The summed E-state index contributed by atoms with van der Waals surface area (Å²) >= 11 is 0. The van der Waals surface area contributed by atoms with Crippen molar-refractivity contribution in [1.82, 2.24) is 26.6 Å². The first kappa shape index (κ1) is 59.7. The number of carbonyl (C=O) groups is 5. The van der Waals surface area contributed by atoms with Crippen LogP contribution in [0.3, 0.4) is 0 Å². The van der Waals surface area contributed by atoms with Gasteiger partial charge in [0.1, 0.15) is 56.9 Å². The van der Waals surface area contributed by atoms with Crippen molar-refractivity contribution in [1.29, 1.82) is 0 Å². The van der Waals surface area contributed by atoms with E-state index in [1.165, 1.54) is 0 Å². The van der Waals surface area contributed by atoms with Crippen molar-refractivity contribution in [2.24, 2.45) is 0 Å². The van der Waals surface area contributed by atoms with Crippen LogP contribution in [0.2, 0.25) is 0 Å². The van der Waals surface area contributed by atoms with E-state index >= 15 is 0 Å². The predicted octanol–water partition coefficient (Wildman–Crippen LogP) is 7.10. The minimum absolute atomic E-state index is 0.0161. The molecular weight excluding hydrogens is 1050 g/mol. The zero-order valence-corrected chi connectivity index (χ0v) is 45.1. The van der Waals surface area contributed by atoms with Gasteiger partial charge in [0.15, 0.2) is 6.29 Å². The Labute approximate surface area is 475 Å². The van der Waals surface area contributed by atoms with Crippen LogP contribution >= 0.6 is 0 Å². The predicted molar refractivity (Wildman–Crippen MR) is 298 cm³/mol. The van der Waals surface area contributed by atoms with Gasteiger partial charge in [0.05, 0.1) is 37.4 Å². The van der Waals surface area contributed by atoms with Crippen molar-refractivity contribution in [3.05, 3.63) is 215 Å². The van der Waals surface area contributed by atoms with Gasteiger partial charge in [0, 0.05) is 19.5 Å². The van der Waals surface area contributed by atoms with Crippen LogP contribution in [0.1, 0.15) is 52.6 Å². The highest BCUT2D eigenvalue weighted by atomic mass is 16.7. The number of alkyl carbamates (subject to hydrolysis) is 4. The number of aliphatic hydroxyl groups is 2. The standard InChI is InChI=1S/C62H69N5O15/c68-53-51(66-57(70)50(75-36-42-19-7-1-8-20-42)33-34-63-59(71)77-38-44-23-11-3-12-24-44)55(76-37-43-21-9-2-10-22-43)52(67-62(74)80-41-47-29-17-6-18-30-47)56(54(53)69)82-58-49(65-61(73)79-40-46-27-15-5-16-28-46)32-31-48(81-58)35-64-60(72)78-39-45-25-13-4-14-26-45/h1-30,48-56,58,68-69H,31-41H2,(H,63,71)(H,64,72)(H,65,73)(H,66,70)(H,67,74)/t48?,49?,50-,51+,52+,53+,54?,55?,56?,58-/m1/s1. The fourth-order valence-electron chi connectivity index (χ4n) is 9.31. The molecule has 1 aliphatic heterocycles. The maximum absolute atomic E-state index is 14.7. The molecule has 2 aliphatic rings. The van der Waals surface area contributed by atoms with E-state index in [2.05, 4.69) is 26.6 Å². The van der Waals surface area contributed by atoms with Crippen LogP contribution in [0.5, 0.6) is 0 Å². The largest absolute Gasteiger partial charge is 0.445 e. The van der Waals surface area contributed by atoms with Crippen molar-refractivity contribution >= 4 is 30.3 Å². The van der Waals surface area contributed by atoms with Gasteiger partial charge in [-0.3, -0.25) is 4.79 Å². The molecule has 0 bridgehead atoms. The summed E-state index contributed by atoms with van der Waals surface area (Å²) in [4.78, 5) is 68.2. The number of benzene rings is 6. The van der Waals surface area contributed by atoms with E-state index in [1.54, 1.807) is 60.7 Å². The van der Waals surface area contributed by atoms with E-state index in [0.717, 1.165) is 22.3 Å². The second-order valence-electron chi connectivity index (χ2n) is 19.6. The summed E-state index contributed by atoms with van der Waals surface area (Å²) in [6.07, 6.45) is -13.1. The third-order valence-electron chi connectivity index (χ3n) is 13.6. The van der Waals surface area contributed by atoms with E-state index in [0.29, 0.717) is 17.5 Å². The lowest BCUT2D eigenvalue weighted by atomic mass is 9.80. The molecule has 5 unspecified atom stereocenters. The first-order valence-electron chi connectivity index (χ1n) is 27.2. The van der Waals surface area contributed by atoms with E-state index in [4.69, 9.17) is 37.9 Å². The monoisotopic (exact) mass is 1120 g/mol. The van der Waals surface area contributed by atoms with Gasteiger partial charge in [-0.1, -0.05) is 182 Å². The Hall–Kier alpha value is -8.37. The summed E-state index contributed by atoms with van der Waals surface area (Å²) in [5.41, 5.74) is 4.38. The lowest BCUT2D eigenvalue weighted by Crippen LogP contribution is -2.74. The molecule has 10 atom stereocenters. The third kappa shape index (κ3) is 18.9. The molecular formula is C62H69N5O15. The van der Waals surface area contributed by atoms with E-state index in [1.807, 2.05) is 121 Å². The van der Waals surface area contributed by atoms with E-state index < -0.39 is 91.3 Å². The number of rotatable bonds is 25. The van der Waals surface area contributed by atoms with E-state index in [-0.39, 0.29) is 65.6 Å². The second kappa shape index (κ2) is 31.6. The van der Waals surface area contributed by atoms with Gasteiger partial charge in [0.2, 0.25) is 5.91 Å².